The molecule has 4 aliphatic rings. The first-order valence-corrected chi connectivity index (χ1v) is 14.1. The van der Waals surface area contributed by atoms with E-state index in [2.05, 4.69) is 0 Å². The quantitative estimate of drug-likeness (QED) is 0.380. The summed E-state index contributed by atoms with van der Waals surface area (Å²) in [6.07, 6.45) is -5.93. The van der Waals surface area contributed by atoms with Crippen LogP contribution in [0.4, 0.5) is 13.2 Å². The SMILES string of the molecule is CC(=O)N1CCN(C)C(c2cc(O)c3c(c2C(F)(F)F)CC2CC4C(N(C)C)C(=O)C(C(N)=O)C(=O)C4(O)C(=O)C2C3=O)C1. The molecule has 0 bridgehead atoms. The van der Waals surface area contributed by atoms with E-state index in [1.807, 2.05) is 0 Å². The van der Waals surface area contributed by atoms with Gasteiger partial charge < -0.3 is 20.8 Å². The molecule has 2 amide bonds. The number of nitrogens with two attached hydrogens (primary N) is 1. The molecule has 3 fully saturated rings. The minimum absolute atomic E-state index is 0.101. The Hall–Kier alpha value is -3.69. The third kappa shape index (κ3) is 4.46. The maximum atomic E-state index is 14.9. The van der Waals surface area contributed by atoms with Crippen molar-refractivity contribution in [3.63, 3.8) is 0 Å². The van der Waals surface area contributed by atoms with Crippen LogP contribution in [0.1, 0.15) is 46.4 Å². The molecule has 1 aromatic carbocycles. The van der Waals surface area contributed by atoms with Crippen LogP contribution in [0.5, 0.6) is 5.75 Å². The molecule has 0 spiro atoms. The molecule has 2 saturated carbocycles. The van der Waals surface area contributed by atoms with Crippen LogP contribution in [0.3, 0.4) is 0 Å². The van der Waals surface area contributed by atoms with Crippen molar-refractivity contribution >= 4 is 34.9 Å². The Labute approximate surface area is 249 Å². The Morgan fingerprint density at radius 2 is 1.75 bits per heavy atom. The van der Waals surface area contributed by atoms with Crippen molar-refractivity contribution in [2.45, 2.75) is 43.6 Å². The van der Waals surface area contributed by atoms with E-state index in [1.54, 1.807) is 11.9 Å². The number of carbonyl (C=O) groups excluding carboxylic acids is 6. The van der Waals surface area contributed by atoms with Gasteiger partial charge in [0.2, 0.25) is 11.8 Å². The zero-order valence-electron chi connectivity index (χ0n) is 24.5. The number of aromatic hydroxyl groups is 1. The molecular weight excluding hydrogens is 589 g/mol. The summed E-state index contributed by atoms with van der Waals surface area (Å²) in [4.78, 5) is 82.9. The standard InChI is InChI=1S/C29H33F3N4O8/c1-11(37)36-6-5-35(4)16(10-36)13-9-17(38)19-14(21(13)29(30,31)32)7-12-8-15-22(34(2)3)24(40)20(27(33)43)26(42)28(15,44)25(41)18(12)23(19)39/h9,12,15-16,18,20,22,38,44H,5-8,10H2,1-4H3,(H2,33,43). The monoisotopic (exact) mass is 622 g/mol. The average molecular weight is 623 g/mol. The predicted molar refractivity (Wildman–Crippen MR) is 144 cm³/mol. The van der Waals surface area contributed by atoms with E-state index in [0.29, 0.717) is 0 Å². The molecule has 5 rings (SSSR count). The molecule has 1 heterocycles. The summed E-state index contributed by atoms with van der Waals surface area (Å²) in [6, 6.07) is -1.54. The molecule has 1 aliphatic heterocycles. The van der Waals surface area contributed by atoms with Gasteiger partial charge in [-0.1, -0.05) is 0 Å². The molecule has 7 unspecified atom stereocenters. The Morgan fingerprint density at radius 3 is 2.30 bits per heavy atom. The van der Waals surface area contributed by atoms with Gasteiger partial charge in [-0.25, -0.2) is 0 Å². The number of Topliss-reactive ketones (excluding diaryl/α,β-unsaturated/α-hetero) is 4. The summed E-state index contributed by atoms with van der Waals surface area (Å²) in [5.74, 6) is -14.1. The van der Waals surface area contributed by atoms with Gasteiger partial charge >= 0.3 is 6.18 Å². The molecule has 7 atom stereocenters. The van der Waals surface area contributed by atoms with Crippen LogP contribution >= 0.6 is 0 Å². The van der Waals surface area contributed by atoms with Crippen LogP contribution in [-0.4, -0.2) is 112 Å². The fourth-order valence-electron chi connectivity index (χ4n) is 7.80. The Kier molecular flexibility index (Phi) is 7.53. The molecule has 12 nitrogen and oxygen atoms in total. The summed E-state index contributed by atoms with van der Waals surface area (Å²) in [5.41, 5.74) is -0.473. The maximum absolute atomic E-state index is 14.9. The van der Waals surface area contributed by atoms with E-state index in [0.717, 1.165) is 6.07 Å². The van der Waals surface area contributed by atoms with Crippen molar-refractivity contribution < 1.29 is 52.2 Å². The fourth-order valence-corrected chi connectivity index (χ4v) is 7.80. The number of rotatable bonds is 3. The van der Waals surface area contributed by atoms with Gasteiger partial charge in [0.15, 0.2) is 34.7 Å². The van der Waals surface area contributed by atoms with Gasteiger partial charge in [-0.05, 0) is 57.1 Å². The average Bonchev–Trinajstić information content (AvgIpc) is 2.89. The number of fused-ring (bicyclic) bond motifs is 3. The van der Waals surface area contributed by atoms with Crippen molar-refractivity contribution in [3.05, 3.63) is 28.3 Å². The van der Waals surface area contributed by atoms with Gasteiger partial charge in [0, 0.05) is 32.5 Å². The Morgan fingerprint density at radius 1 is 1.11 bits per heavy atom. The predicted octanol–water partition coefficient (Wildman–Crippen LogP) is -0.279. The van der Waals surface area contributed by atoms with E-state index >= 15 is 0 Å². The number of ketones is 4. The number of hydrogen-bond acceptors (Lipinski definition) is 10. The minimum atomic E-state index is -5.02. The number of phenolic OH excluding ortho intramolecular Hbond substituents is 1. The second-order valence-electron chi connectivity index (χ2n) is 12.5. The van der Waals surface area contributed by atoms with Crippen molar-refractivity contribution in [2.75, 3.05) is 40.8 Å². The highest BCUT2D eigenvalue weighted by Crippen LogP contribution is 2.53. The van der Waals surface area contributed by atoms with E-state index in [9.17, 15) is 52.2 Å². The lowest BCUT2D eigenvalue weighted by atomic mass is 9.52. The molecule has 0 aromatic heterocycles. The summed E-state index contributed by atoms with van der Waals surface area (Å²) in [6.45, 7) is 1.73. The number of primary amides is 1. The smallest absolute Gasteiger partial charge is 0.417 e. The van der Waals surface area contributed by atoms with E-state index in [4.69, 9.17) is 5.73 Å². The summed E-state index contributed by atoms with van der Waals surface area (Å²) >= 11 is 0. The minimum Gasteiger partial charge on any atom is -0.507 e. The molecule has 1 aromatic rings. The zero-order chi connectivity index (χ0) is 32.8. The number of halogens is 3. The molecule has 1 saturated heterocycles. The molecule has 3 aliphatic carbocycles. The number of nitrogens with zero attached hydrogens (tertiary/aromatic N) is 3. The first kappa shape index (κ1) is 31.7. The number of benzene rings is 1. The number of amides is 2. The summed E-state index contributed by atoms with van der Waals surface area (Å²) < 4.78 is 44.7. The second kappa shape index (κ2) is 10.4. The van der Waals surface area contributed by atoms with Crippen LogP contribution in [0, 0.1) is 23.7 Å². The van der Waals surface area contributed by atoms with E-state index < -0.39 is 105 Å². The number of carbonyl (C=O) groups is 6. The maximum Gasteiger partial charge on any atom is 0.417 e. The first-order chi connectivity index (χ1) is 20.3. The third-order valence-electron chi connectivity index (χ3n) is 9.83. The molecule has 0 radical (unpaired) electrons. The van der Waals surface area contributed by atoms with Gasteiger partial charge in [-0.2, -0.15) is 13.2 Å². The van der Waals surface area contributed by atoms with Crippen LogP contribution < -0.4 is 5.73 Å². The third-order valence-corrected chi connectivity index (χ3v) is 9.83. The van der Waals surface area contributed by atoms with E-state index in [-0.39, 0.29) is 37.5 Å². The normalized spacial score (nSPS) is 32.8. The van der Waals surface area contributed by atoms with Crippen LogP contribution in [-0.2, 0) is 36.6 Å². The second-order valence-corrected chi connectivity index (χ2v) is 12.5. The lowest BCUT2D eigenvalue weighted by Crippen LogP contribution is -2.74. The largest absolute Gasteiger partial charge is 0.507 e. The molecular formula is C29H33F3N4O8. The molecule has 44 heavy (non-hydrogen) atoms. The lowest BCUT2D eigenvalue weighted by molar-refractivity contribution is -0.181. The number of hydrogen-bond donors (Lipinski definition) is 3. The summed E-state index contributed by atoms with van der Waals surface area (Å²) in [7, 11) is 4.40. The number of likely N-dealkylation sites (N-methyl/N-ethyl adjacent to an activating group) is 2. The first-order valence-electron chi connectivity index (χ1n) is 14.1. The lowest BCUT2D eigenvalue weighted by Gasteiger charge is -2.52. The van der Waals surface area contributed by atoms with Crippen molar-refractivity contribution in [1.82, 2.24) is 14.7 Å². The van der Waals surface area contributed by atoms with Crippen LogP contribution in [0.2, 0.25) is 0 Å². The topological polar surface area (TPSA) is 179 Å². The summed E-state index contributed by atoms with van der Waals surface area (Å²) in [5, 5.41) is 22.7. The van der Waals surface area contributed by atoms with Crippen LogP contribution in [0.25, 0.3) is 0 Å². The van der Waals surface area contributed by atoms with Gasteiger partial charge in [0.05, 0.1) is 29.1 Å². The fraction of sp³-hybridized carbons (Fsp3) is 0.586. The highest BCUT2D eigenvalue weighted by molar-refractivity contribution is 6.32. The Balaban J connectivity index is 1.68. The number of piperazine rings is 1. The number of aliphatic hydroxyl groups is 1. The van der Waals surface area contributed by atoms with Gasteiger partial charge in [0.25, 0.3) is 0 Å². The molecule has 238 valence electrons. The van der Waals surface area contributed by atoms with Crippen molar-refractivity contribution in [2.24, 2.45) is 29.4 Å². The van der Waals surface area contributed by atoms with E-state index in [1.165, 1.54) is 30.8 Å². The van der Waals surface area contributed by atoms with Gasteiger partial charge in [-0.3, -0.25) is 38.6 Å². The highest BCUT2D eigenvalue weighted by Gasteiger charge is 2.69. The number of phenols is 1. The van der Waals surface area contributed by atoms with Gasteiger partial charge in [0.1, 0.15) is 5.75 Å². The number of alkyl halides is 3. The van der Waals surface area contributed by atoms with Crippen molar-refractivity contribution in [1.29, 1.82) is 0 Å². The van der Waals surface area contributed by atoms with Crippen molar-refractivity contribution in [3.8, 4) is 5.75 Å². The van der Waals surface area contributed by atoms with Gasteiger partial charge in [-0.15, -0.1) is 0 Å². The van der Waals surface area contributed by atoms with Crippen LogP contribution in [0.15, 0.2) is 6.07 Å². The zero-order valence-corrected chi connectivity index (χ0v) is 24.5. The molecule has 4 N–H and O–H groups in total. The highest BCUT2D eigenvalue weighted by atomic mass is 19.4. The molecule has 15 heteroatoms. The Bertz CT molecular complexity index is 1510.